The molecule has 0 aromatic carbocycles. The molecule has 30 heavy (non-hydrogen) atoms. The number of rotatable bonds is 6. The quantitative estimate of drug-likeness (QED) is 0.642. The number of fused-ring (bicyclic) bond motifs is 1. The van der Waals surface area contributed by atoms with Crippen LogP contribution in [0.15, 0.2) is 30.7 Å². The summed E-state index contributed by atoms with van der Waals surface area (Å²) in [5.41, 5.74) is 0.135. The summed E-state index contributed by atoms with van der Waals surface area (Å²) >= 11 is 0. The molecule has 8 heteroatoms. The first-order valence-corrected chi connectivity index (χ1v) is 11.0. The van der Waals surface area contributed by atoms with Gasteiger partial charge in [0.2, 0.25) is 11.8 Å². The van der Waals surface area contributed by atoms with E-state index in [1.54, 1.807) is 24.2 Å². The molecule has 3 saturated heterocycles. The first kappa shape index (κ1) is 19.6. The fourth-order valence-corrected chi connectivity index (χ4v) is 5.48. The minimum Gasteiger partial charge on any atom is -0.360 e. The van der Waals surface area contributed by atoms with Gasteiger partial charge in [0.05, 0.1) is 36.7 Å². The summed E-state index contributed by atoms with van der Waals surface area (Å²) in [4.78, 5) is 40.8. The average molecular weight is 412 g/mol. The number of carbonyl (C=O) groups excluding carboxylic acids is 2. The first-order chi connectivity index (χ1) is 14.6. The zero-order chi connectivity index (χ0) is 20.7. The standard InChI is InChI=1S/C22H29N5O3/c1-25(13-16-6-8-23-15-24-16)20(28)18-17-5-7-22(30-17)14-27(21(29)19(18)22)12-11-26-9-3-2-4-10-26/h5-8,15,17-19H,2-4,9-14H2,1H3/t17-,18-,19-,22-/m0/s1. The molecule has 1 spiro atoms. The fourth-order valence-electron chi connectivity index (χ4n) is 5.48. The number of hydrogen-bond acceptors (Lipinski definition) is 6. The van der Waals surface area contributed by atoms with Crippen LogP contribution in [-0.4, -0.2) is 88.0 Å². The molecule has 0 unspecified atom stereocenters. The number of ether oxygens (including phenoxy) is 1. The monoisotopic (exact) mass is 411 g/mol. The molecule has 0 radical (unpaired) electrons. The van der Waals surface area contributed by atoms with Gasteiger partial charge in [0.15, 0.2) is 0 Å². The van der Waals surface area contributed by atoms with E-state index in [9.17, 15) is 9.59 Å². The van der Waals surface area contributed by atoms with Crippen molar-refractivity contribution in [1.82, 2.24) is 24.7 Å². The minimum absolute atomic E-state index is 0.0546. The van der Waals surface area contributed by atoms with Crippen molar-refractivity contribution < 1.29 is 14.3 Å². The van der Waals surface area contributed by atoms with E-state index in [0.717, 1.165) is 25.3 Å². The lowest BCUT2D eigenvalue weighted by molar-refractivity contribution is -0.142. The van der Waals surface area contributed by atoms with Gasteiger partial charge >= 0.3 is 0 Å². The Labute approximate surface area is 176 Å². The van der Waals surface area contributed by atoms with Crippen LogP contribution in [-0.2, 0) is 20.9 Å². The third-order valence-electron chi connectivity index (χ3n) is 7.02. The van der Waals surface area contributed by atoms with E-state index in [1.807, 2.05) is 17.1 Å². The highest BCUT2D eigenvalue weighted by molar-refractivity contribution is 5.93. The highest BCUT2D eigenvalue weighted by Crippen LogP contribution is 2.52. The molecule has 2 amide bonds. The Balaban J connectivity index is 1.28. The van der Waals surface area contributed by atoms with Crippen LogP contribution in [0, 0.1) is 11.8 Å². The summed E-state index contributed by atoms with van der Waals surface area (Å²) in [6, 6.07) is 1.80. The van der Waals surface area contributed by atoms with Crippen LogP contribution in [0.25, 0.3) is 0 Å². The van der Waals surface area contributed by atoms with Crippen molar-refractivity contribution in [3.63, 3.8) is 0 Å². The van der Waals surface area contributed by atoms with Crippen molar-refractivity contribution in [2.24, 2.45) is 11.8 Å². The van der Waals surface area contributed by atoms with Crippen LogP contribution in [0.4, 0.5) is 0 Å². The summed E-state index contributed by atoms with van der Waals surface area (Å²) in [5.74, 6) is -0.878. The van der Waals surface area contributed by atoms with Crippen LogP contribution in [0.2, 0.25) is 0 Å². The van der Waals surface area contributed by atoms with Crippen molar-refractivity contribution in [2.75, 3.05) is 39.8 Å². The van der Waals surface area contributed by atoms with Gasteiger partial charge in [-0.25, -0.2) is 9.97 Å². The lowest BCUT2D eigenvalue weighted by atomic mass is 9.76. The Morgan fingerprint density at radius 3 is 2.90 bits per heavy atom. The topological polar surface area (TPSA) is 78.9 Å². The predicted molar refractivity (Wildman–Crippen MR) is 109 cm³/mol. The van der Waals surface area contributed by atoms with E-state index in [-0.39, 0.29) is 17.9 Å². The third kappa shape index (κ3) is 3.32. The lowest BCUT2D eigenvalue weighted by Gasteiger charge is -2.29. The summed E-state index contributed by atoms with van der Waals surface area (Å²) in [7, 11) is 1.76. The normalized spacial score (nSPS) is 32.6. The largest absolute Gasteiger partial charge is 0.360 e. The Hall–Kier alpha value is -2.32. The number of aromatic nitrogens is 2. The molecule has 4 aliphatic heterocycles. The van der Waals surface area contributed by atoms with Gasteiger partial charge in [-0.2, -0.15) is 0 Å². The van der Waals surface area contributed by atoms with E-state index < -0.39 is 17.4 Å². The number of carbonyl (C=O) groups is 2. The minimum atomic E-state index is -0.639. The third-order valence-corrected chi connectivity index (χ3v) is 7.02. The van der Waals surface area contributed by atoms with Crippen molar-refractivity contribution in [2.45, 2.75) is 37.5 Å². The molecule has 4 aliphatic rings. The molecule has 160 valence electrons. The molecule has 5 rings (SSSR count). The van der Waals surface area contributed by atoms with Crippen molar-refractivity contribution in [3.05, 3.63) is 36.4 Å². The van der Waals surface area contributed by atoms with Gasteiger partial charge in [0, 0.05) is 26.3 Å². The number of nitrogens with zero attached hydrogens (tertiary/aromatic N) is 5. The first-order valence-electron chi connectivity index (χ1n) is 11.0. The Morgan fingerprint density at radius 1 is 1.30 bits per heavy atom. The van der Waals surface area contributed by atoms with Gasteiger partial charge in [-0.1, -0.05) is 18.6 Å². The van der Waals surface area contributed by atoms with Gasteiger partial charge < -0.3 is 19.4 Å². The predicted octanol–water partition coefficient (Wildman–Crippen LogP) is 0.703. The number of amides is 2. The highest BCUT2D eigenvalue weighted by atomic mass is 16.5. The van der Waals surface area contributed by atoms with Crippen LogP contribution >= 0.6 is 0 Å². The second kappa shape index (κ2) is 7.74. The number of likely N-dealkylation sites (tertiary alicyclic amines) is 2. The molecule has 4 atom stereocenters. The van der Waals surface area contributed by atoms with Gasteiger partial charge in [-0.15, -0.1) is 0 Å². The summed E-state index contributed by atoms with van der Waals surface area (Å²) in [6.07, 6.45) is 10.6. The van der Waals surface area contributed by atoms with Gasteiger partial charge in [0.25, 0.3) is 0 Å². The zero-order valence-electron chi connectivity index (χ0n) is 17.4. The molecule has 2 bridgehead atoms. The van der Waals surface area contributed by atoms with E-state index in [0.29, 0.717) is 19.6 Å². The lowest BCUT2D eigenvalue weighted by Crippen LogP contribution is -2.45. The van der Waals surface area contributed by atoms with Crippen LogP contribution in [0.1, 0.15) is 25.0 Å². The molecule has 1 aromatic heterocycles. The molecular weight excluding hydrogens is 382 g/mol. The number of piperidine rings is 1. The molecule has 8 nitrogen and oxygen atoms in total. The van der Waals surface area contributed by atoms with Crippen molar-refractivity contribution >= 4 is 11.8 Å². The smallest absolute Gasteiger partial charge is 0.230 e. The van der Waals surface area contributed by atoms with Crippen molar-refractivity contribution in [3.8, 4) is 0 Å². The van der Waals surface area contributed by atoms with Crippen LogP contribution < -0.4 is 0 Å². The number of hydrogen-bond donors (Lipinski definition) is 0. The molecule has 0 saturated carbocycles. The zero-order valence-corrected chi connectivity index (χ0v) is 17.4. The van der Waals surface area contributed by atoms with Crippen molar-refractivity contribution in [1.29, 1.82) is 0 Å². The van der Waals surface area contributed by atoms with E-state index in [4.69, 9.17) is 4.74 Å². The van der Waals surface area contributed by atoms with Gasteiger partial charge in [-0.3, -0.25) is 9.59 Å². The fraction of sp³-hybridized carbons (Fsp3) is 0.636. The summed E-state index contributed by atoms with van der Waals surface area (Å²) < 4.78 is 6.25. The molecule has 5 heterocycles. The van der Waals surface area contributed by atoms with E-state index >= 15 is 0 Å². The molecule has 0 N–H and O–H groups in total. The second-order valence-corrected chi connectivity index (χ2v) is 8.96. The maximum Gasteiger partial charge on any atom is 0.230 e. The van der Waals surface area contributed by atoms with Gasteiger partial charge in [0.1, 0.15) is 11.9 Å². The Bertz CT molecular complexity index is 840. The van der Waals surface area contributed by atoms with Gasteiger partial charge in [-0.05, 0) is 32.0 Å². The average Bonchev–Trinajstić information content (AvgIpc) is 3.41. The summed E-state index contributed by atoms with van der Waals surface area (Å²) in [5, 5.41) is 0. The maximum atomic E-state index is 13.3. The van der Waals surface area contributed by atoms with Crippen LogP contribution in [0.5, 0.6) is 0 Å². The van der Waals surface area contributed by atoms with Crippen LogP contribution in [0.3, 0.4) is 0 Å². The SMILES string of the molecule is CN(Cc1ccncn1)C(=O)[C@H]1[C@@H]2C=C[C@@]3(CN(CCN4CCCCC4)C(=O)[C@H]13)O2. The maximum absolute atomic E-state index is 13.3. The molecule has 3 fully saturated rings. The Morgan fingerprint density at radius 2 is 2.13 bits per heavy atom. The Kier molecular flexibility index (Phi) is 5.06. The highest BCUT2D eigenvalue weighted by Gasteiger charge is 2.67. The summed E-state index contributed by atoms with van der Waals surface area (Å²) in [6.45, 7) is 4.77. The molecule has 0 aliphatic carbocycles. The molecular formula is C22H29N5O3. The van der Waals surface area contributed by atoms with E-state index in [1.165, 1.54) is 25.6 Å². The molecule has 1 aromatic rings. The second-order valence-electron chi connectivity index (χ2n) is 8.96. The van der Waals surface area contributed by atoms with E-state index in [2.05, 4.69) is 14.9 Å².